The van der Waals surface area contributed by atoms with Crippen LogP contribution in [0, 0.1) is 0 Å². The number of β-amino-alcohol motifs (C(OH)–C–C–N with tert-alkyl or cyclic N) is 1. The SMILES string of the molecule is CC1(C)C(=O)N(CC(O)CO)c2ccccc21. The molecule has 2 N–H and O–H groups in total. The monoisotopic (exact) mass is 235 g/mol. The molecule has 1 amide bonds. The molecule has 1 aromatic rings. The first kappa shape index (κ1) is 12.1. The third kappa shape index (κ3) is 1.83. The molecule has 0 fully saturated rings. The quantitative estimate of drug-likeness (QED) is 0.809. The highest BCUT2D eigenvalue weighted by molar-refractivity contribution is 6.07. The number of carbonyl (C=O) groups is 1. The van der Waals surface area contributed by atoms with Crippen LogP contribution in [0.2, 0.25) is 0 Å². The lowest BCUT2D eigenvalue weighted by molar-refractivity contribution is -0.122. The Morgan fingerprint density at radius 1 is 1.35 bits per heavy atom. The molecule has 0 aliphatic carbocycles. The maximum absolute atomic E-state index is 12.3. The number of para-hydroxylation sites is 1. The lowest BCUT2D eigenvalue weighted by Crippen LogP contribution is -2.41. The van der Waals surface area contributed by atoms with E-state index in [9.17, 15) is 9.90 Å². The van der Waals surface area contributed by atoms with Gasteiger partial charge < -0.3 is 15.1 Å². The van der Waals surface area contributed by atoms with Gasteiger partial charge in [0, 0.05) is 5.69 Å². The van der Waals surface area contributed by atoms with Crippen molar-refractivity contribution in [2.24, 2.45) is 0 Å². The van der Waals surface area contributed by atoms with Crippen LogP contribution in [0.1, 0.15) is 19.4 Å². The van der Waals surface area contributed by atoms with E-state index in [1.54, 1.807) is 4.90 Å². The number of carbonyl (C=O) groups excluding carboxylic acids is 1. The molecule has 4 nitrogen and oxygen atoms in total. The van der Waals surface area contributed by atoms with Crippen LogP contribution in [0.25, 0.3) is 0 Å². The van der Waals surface area contributed by atoms with Crippen LogP contribution in [-0.2, 0) is 10.2 Å². The van der Waals surface area contributed by atoms with Crippen molar-refractivity contribution in [3.05, 3.63) is 29.8 Å². The number of fused-ring (bicyclic) bond motifs is 1. The zero-order valence-electron chi connectivity index (χ0n) is 10.1. The standard InChI is InChI=1S/C13H17NO3/c1-13(2)10-5-3-4-6-11(10)14(12(13)17)7-9(16)8-15/h3-6,9,15-16H,7-8H2,1-2H3. The number of aliphatic hydroxyl groups is 2. The Balaban J connectivity index is 2.39. The molecule has 0 aromatic heterocycles. The molecule has 1 aromatic carbocycles. The first-order valence-electron chi connectivity index (χ1n) is 5.69. The van der Waals surface area contributed by atoms with Gasteiger partial charge in [0.1, 0.15) is 0 Å². The number of amides is 1. The second-order valence-corrected chi connectivity index (χ2v) is 4.89. The molecule has 1 aliphatic heterocycles. The fourth-order valence-electron chi connectivity index (χ4n) is 2.25. The van der Waals surface area contributed by atoms with Crippen LogP contribution in [0.4, 0.5) is 5.69 Å². The first-order chi connectivity index (χ1) is 7.98. The molecule has 1 atom stereocenters. The summed E-state index contributed by atoms with van der Waals surface area (Å²) in [7, 11) is 0. The van der Waals surface area contributed by atoms with E-state index in [1.807, 2.05) is 38.1 Å². The van der Waals surface area contributed by atoms with Crippen molar-refractivity contribution in [2.45, 2.75) is 25.4 Å². The number of hydrogen-bond acceptors (Lipinski definition) is 3. The highest BCUT2D eigenvalue weighted by Crippen LogP contribution is 2.41. The number of nitrogens with zero attached hydrogens (tertiary/aromatic N) is 1. The third-order valence-corrected chi connectivity index (χ3v) is 3.25. The predicted octanol–water partition coefficient (Wildman–Crippen LogP) is 0.664. The van der Waals surface area contributed by atoms with Gasteiger partial charge in [-0.2, -0.15) is 0 Å². The van der Waals surface area contributed by atoms with Gasteiger partial charge in [-0.1, -0.05) is 18.2 Å². The van der Waals surface area contributed by atoms with Crippen LogP contribution in [0.3, 0.4) is 0 Å². The van der Waals surface area contributed by atoms with Crippen LogP contribution in [0.5, 0.6) is 0 Å². The van der Waals surface area contributed by atoms with Crippen LogP contribution in [-0.4, -0.2) is 35.4 Å². The molecule has 17 heavy (non-hydrogen) atoms. The molecular formula is C13H17NO3. The summed E-state index contributed by atoms with van der Waals surface area (Å²) in [5, 5.41) is 18.4. The number of benzene rings is 1. The van der Waals surface area contributed by atoms with Crippen molar-refractivity contribution >= 4 is 11.6 Å². The van der Waals surface area contributed by atoms with E-state index in [2.05, 4.69) is 0 Å². The highest BCUT2D eigenvalue weighted by Gasteiger charge is 2.43. The average Bonchev–Trinajstić information content (AvgIpc) is 2.51. The molecule has 2 rings (SSSR count). The molecule has 1 unspecified atom stereocenters. The molecular weight excluding hydrogens is 218 g/mol. The van der Waals surface area contributed by atoms with Gasteiger partial charge in [0.25, 0.3) is 0 Å². The lowest BCUT2D eigenvalue weighted by atomic mass is 9.86. The normalized spacial score (nSPS) is 19.3. The Labute approximate surface area is 100 Å². The van der Waals surface area contributed by atoms with Gasteiger partial charge in [-0.3, -0.25) is 4.79 Å². The van der Waals surface area contributed by atoms with Crippen molar-refractivity contribution in [3.8, 4) is 0 Å². The highest BCUT2D eigenvalue weighted by atomic mass is 16.3. The Bertz CT molecular complexity index is 442. The fraction of sp³-hybridized carbons (Fsp3) is 0.462. The van der Waals surface area contributed by atoms with Crippen molar-refractivity contribution < 1.29 is 15.0 Å². The maximum Gasteiger partial charge on any atom is 0.237 e. The Kier molecular flexibility index (Phi) is 2.93. The van der Waals surface area contributed by atoms with Crippen molar-refractivity contribution in [2.75, 3.05) is 18.1 Å². The molecule has 0 saturated heterocycles. The van der Waals surface area contributed by atoms with Gasteiger partial charge in [-0.15, -0.1) is 0 Å². The van der Waals surface area contributed by atoms with Crippen molar-refractivity contribution in [1.82, 2.24) is 0 Å². The smallest absolute Gasteiger partial charge is 0.237 e. The fourth-order valence-corrected chi connectivity index (χ4v) is 2.25. The zero-order chi connectivity index (χ0) is 12.6. The second kappa shape index (κ2) is 4.13. The van der Waals surface area contributed by atoms with Crippen molar-refractivity contribution in [3.63, 3.8) is 0 Å². The van der Waals surface area contributed by atoms with E-state index < -0.39 is 11.5 Å². The summed E-state index contributed by atoms with van der Waals surface area (Å²) in [6.07, 6.45) is -0.902. The summed E-state index contributed by atoms with van der Waals surface area (Å²) in [6.45, 7) is 3.54. The van der Waals surface area contributed by atoms with E-state index in [0.717, 1.165) is 11.3 Å². The zero-order valence-corrected chi connectivity index (χ0v) is 10.1. The molecule has 4 heteroatoms. The van der Waals surface area contributed by atoms with Gasteiger partial charge in [0.2, 0.25) is 5.91 Å². The minimum atomic E-state index is -0.902. The Hall–Kier alpha value is -1.39. The molecule has 0 spiro atoms. The number of rotatable bonds is 3. The average molecular weight is 235 g/mol. The molecule has 1 heterocycles. The van der Waals surface area contributed by atoms with Gasteiger partial charge in [0.05, 0.1) is 24.7 Å². The predicted molar refractivity (Wildman–Crippen MR) is 64.9 cm³/mol. The van der Waals surface area contributed by atoms with Crippen LogP contribution in [0.15, 0.2) is 24.3 Å². The van der Waals surface area contributed by atoms with E-state index in [0.29, 0.717) is 0 Å². The number of aliphatic hydroxyl groups excluding tert-OH is 2. The van der Waals surface area contributed by atoms with E-state index in [-0.39, 0.29) is 19.1 Å². The topological polar surface area (TPSA) is 60.8 Å². The van der Waals surface area contributed by atoms with E-state index in [1.165, 1.54) is 0 Å². The molecule has 0 bridgehead atoms. The molecule has 92 valence electrons. The Morgan fingerprint density at radius 2 is 2.00 bits per heavy atom. The molecule has 1 aliphatic rings. The third-order valence-electron chi connectivity index (χ3n) is 3.25. The minimum Gasteiger partial charge on any atom is -0.394 e. The Morgan fingerprint density at radius 3 is 2.65 bits per heavy atom. The summed E-state index contributed by atoms with van der Waals surface area (Å²) in [4.78, 5) is 13.8. The number of anilines is 1. The maximum atomic E-state index is 12.3. The summed E-state index contributed by atoms with van der Waals surface area (Å²) >= 11 is 0. The molecule has 0 saturated carbocycles. The van der Waals surface area contributed by atoms with Gasteiger partial charge in [-0.25, -0.2) is 0 Å². The number of hydrogen-bond donors (Lipinski definition) is 2. The summed E-state index contributed by atoms with van der Waals surface area (Å²) in [6, 6.07) is 7.57. The van der Waals surface area contributed by atoms with Gasteiger partial charge in [0.15, 0.2) is 0 Å². The largest absolute Gasteiger partial charge is 0.394 e. The first-order valence-corrected chi connectivity index (χ1v) is 5.69. The van der Waals surface area contributed by atoms with Gasteiger partial charge >= 0.3 is 0 Å². The lowest BCUT2D eigenvalue weighted by Gasteiger charge is -2.22. The van der Waals surface area contributed by atoms with Gasteiger partial charge in [-0.05, 0) is 25.5 Å². The molecule has 0 radical (unpaired) electrons. The minimum absolute atomic E-state index is 0.0359. The van der Waals surface area contributed by atoms with Crippen LogP contribution < -0.4 is 4.90 Å². The van der Waals surface area contributed by atoms with E-state index in [4.69, 9.17) is 5.11 Å². The van der Waals surface area contributed by atoms with E-state index >= 15 is 0 Å². The summed E-state index contributed by atoms with van der Waals surface area (Å²) in [5.41, 5.74) is 1.23. The summed E-state index contributed by atoms with van der Waals surface area (Å²) < 4.78 is 0. The van der Waals surface area contributed by atoms with Crippen LogP contribution >= 0.6 is 0 Å². The van der Waals surface area contributed by atoms with Crippen molar-refractivity contribution in [1.29, 1.82) is 0 Å². The summed E-state index contributed by atoms with van der Waals surface area (Å²) in [5.74, 6) is -0.0359. The second-order valence-electron chi connectivity index (χ2n) is 4.89.